The van der Waals surface area contributed by atoms with Gasteiger partial charge in [-0.1, -0.05) is 15.9 Å². The molecular weight excluding hydrogens is 318 g/mol. The Morgan fingerprint density at radius 1 is 1.39 bits per heavy atom. The van der Waals surface area contributed by atoms with E-state index < -0.39 is 10.0 Å². The minimum absolute atomic E-state index is 0.0383. The lowest BCUT2D eigenvalue weighted by Crippen LogP contribution is -2.38. The van der Waals surface area contributed by atoms with Crippen LogP contribution < -0.4 is 0 Å². The molecule has 1 atom stereocenters. The number of benzene rings is 1. The fraction of sp³-hybridized carbons (Fsp3) is 0.500. The second-order valence-corrected chi connectivity index (χ2v) is 7.13. The average molecular weight is 334 g/mol. The Hall–Kier alpha value is -0.430. The van der Waals surface area contributed by atoms with Gasteiger partial charge in [0.25, 0.3) is 0 Å². The van der Waals surface area contributed by atoms with Crippen LogP contribution >= 0.6 is 15.9 Å². The largest absolute Gasteiger partial charge is 0.383 e. The van der Waals surface area contributed by atoms with E-state index in [1.165, 1.54) is 0 Å². The number of hydrogen-bond acceptors (Lipinski definition) is 3. The molecule has 0 aromatic heterocycles. The molecule has 0 unspecified atom stereocenters. The van der Waals surface area contributed by atoms with Crippen LogP contribution in [0.5, 0.6) is 0 Å². The van der Waals surface area contributed by atoms with Crippen molar-refractivity contribution in [3.63, 3.8) is 0 Å². The van der Waals surface area contributed by atoms with Crippen molar-refractivity contribution in [1.29, 1.82) is 0 Å². The molecule has 1 aliphatic heterocycles. The van der Waals surface area contributed by atoms with Crippen molar-refractivity contribution in [2.45, 2.75) is 23.8 Å². The van der Waals surface area contributed by atoms with Gasteiger partial charge in [-0.3, -0.25) is 0 Å². The third-order valence-electron chi connectivity index (χ3n) is 3.10. The van der Waals surface area contributed by atoms with E-state index in [9.17, 15) is 8.42 Å². The molecule has 1 fully saturated rings. The van der Waals surface area contributed by atoms with Crippen LogP contribution in [-0.2, 0) is 14.8 Å². The Kier molecular flexibility index (Phi) is 4.42. The van der Waals surface area contributed by atoms with Gasteiger partial charge in [-0.25, -0.2) is 8.42 Å². The summed E-state index contributed by atoms with van der Waals surface area (Å²) in [5, 5.41) is 0. The van der Waals surface area contributed by atoms with E-state index in [1.807, 2.05) is 0 Å². The number of nitrogens with zero attached hydrogens (tertiary/aromatic N) is 1. The molecular formula is C12H16BrNO3S. The number of ether oxygens (including phenoxy) is 1. The van der Waals surface area contributed by atoms with E-state index in [-0.39, 0.29) is 6.04 Å². The summed E-state index contributed by atoms with van der Waals surface area (Å²) >= 11 is 3.30. The Morgan fingerprint density at radius 3 is 2.67 bits per heavy atom. The SMILES string of the molecule is COC[C@@H]1CCCN1S(=O)(=O)c1ccc(Br)cc1. The van der Waals surface area contributed by atoms with E-state index >= 15 is 0 Å². The average Bonchev–Trinajstić information content (AvgIpc) is 2.79. The van der Waals surface area contributed by atoms with Gasteiger partial charge in [0.2, 0.25) is 10.0 Å². The van der Waals surface area contributed by atoms with Crippen molar-refractivity contribution in [1.82, 2.24) is 4.31 Å². The minimum Gasteiger partial charge on any atom is -0.383 e. The van der Waals surface area contributed by atoms with E-state index in [1.54, 1.807) is 35.7 Å². The molecule has 18 heavy (non-hydrogen) atoms. The first kappa shape index (κ1) is 14.0. The van der Waals surface area contributed by atoms with Crippen LogP contribution in [0.4, 0.5) is 0 Å². The first-order valence-corrected chi connectivity index (χ1v) is 8.05. The molecule has 100 valence electrons. The molecule has 0 bridgehead atoms. The van der Waals surface area contributed by atoms with Crippen LogP contribution in [0.1, 0.15) is 12.8 Å². The van der Waals surface area contributed by atoms with Crippen molar-refractivity contribution in [3.05, 3.63) is 28.7 Å². The van der Waals surface area contributed by atoms with Crippen LogP contribution in [0.25, 0.3) is 0 Å². The molecule has 1 saturated heterocycles. The van der Waals surface area contributed by atoms with Gasteiger partial charge in [-0.2, -0.15) is 4.31 Å². The zero-order valence-electron chi connectivity index (χ0n) is 10.2. The molecule has 1 heterocycles. The Bertz CT molecular complexity index is 501. The zero-order chi connectivity index (χ0) is 13.2. The van der Waals surface area contributed by atoms with Crippen molar-refractivity contribution in [2.75, 3.05) is 20.3 Å². The predicted molar refractivity (Wildman–Crippen MR) is 72.9 cm³/mol. The monoisotopic (exact) mass is 333 g/mol. The van der Waals surface area contributed by atoms with E-state index in [4.69, 9.17) is 4.74 Å². The number of halogens is 1. The van der Waals surface area contributed by atoms with Crippen LogP contribution in [0.2, 0.25) is 0 Å². The number of methoxy groups -OCH3 is 1. The van der Waals surface area contributed by atoms with Gasteiger partial charge in [0.1, 0.15) is 0 Å². The highest BCUT2D eigenvalue weighted by Crippen LogP contribution is 2.26. The maximum atomic E-state index is 12.5. The molecule has 6 heteroatoms. The molecule has 0 saturated carbocycles. The molecule has 0 amide bonds. The van der Waals surface area contributed by atoms with E-state index in [2.05, 4.69) is 15.9 Å². The molecule has 0 radical (unpaired) electrons. The van der Waals surface area contributed by atoms with Gasteiger partial charge in [-0.05, 0) is 37.1 Å². The summed E-state index contributed by atoms with van der Waals surface area (Å²) in [5.41, 5.74) is 0. The lowest BCUT2D eigenvalue weighted by atomic mass is 10.2. The fourth-order valence-electron chi connectivity index (χ4n) is 2.23. The summed E-state index contributed by atoms with van der Waals surface area (Å²) in [5.74, 6) is 0. The third kappa shape index (κ3) is 2.77. The third-order valence-corrected chi connectivity index (χ3v) is 5.60. The lowest BCUT2D eigenvalue weighted by Gasteiger charge is -2.23. The smallest absolute Gasteiger partial charge is 0.243 e. The minimum atomic E-state index is -3.39. The molecule has 1 aliphatic rings. The molecule has 1 aromatic rings. The van der Waals surface area contributed by atoms with Crippen molar-refractivity contribution < 1.29 is 13.2 Å². The van der Waals surface area contributed by atoms with Crippen molar-refractivity contribution in [2.24, 2.45) is 0 Å². The van der Waals surface area contributed by atoms with Crippen LogP contribution in [0.15, 0.2) is 33.6 Å². The molecule has 0 aliphatic carbocycles. The predicted octanol–water partition coefficient (Wildman–Crippen LogP) is 2.25. The maximum absolute atomic E-state index is 12.5. The molecule has 0 spiro atoms. The summed E-state index contributed by atoms with van der Waals surface area (Å²) in [6.45, 7) is 1.03. The number of rotatable bonds is 4. The van der Waals surface area contributed by atoms with Gasteiger partial charge in [0.05, 0.1) is 11.5 Å². The molecule has 0 N–H and O–H groups in total. The summed E-state index contributed by atoms with van der Waals surface area (Å²) in [4.78, 5) is 0.341. The summed E-state index contributed by atoms with van der Waals surface area (Å²) < 4.78 is 32.5. The maximum Gasteiger partial charge on any atom is 0.243 e. The number of sulfonamides is 1. The van der Waals surface area contributed by atoms with Gasteiger partial charge < -0.3 is 4.74 Å². The highest BCUT2D eigenvalue weighted by Gasteiger charge is 2.34. The first-order valence-electron chi connectivity index (χ1n) is 5.82. The van der Waals surface area contributed by atoms with Crippen molar-refractivity contribution >= 4 is 26.0 Å². The van der Waals surface area contributed by atoms with Crippen LogP contribution in [-0.4, -0.2) is 39.0 Å². The standard InChI is InChI=1S/C12H16BrNO3S/c1-17-9-11-3-2-8-14(11)18(15,16)12-6-4-10(13)5-7-12/h4-7,11H,2-3,8-9H2,1H3/t11-/m0/s1. The lowest BCUT2D eigenvalue weighted by molar-refractivity contribution is 0.149. The quantitative estimate of drug-likeness (QED) is 0.848. The second-order valence-electron chi connectivity index (χ2n) is 4.32. The van der Waals surface area contributed by atoms with Gasteiger partial charge in [-0.15, -0.1) is 0 Å². The highest BCUT2D eigenvalue weighted by molar-refractivity contribution is 9.10. The van der Waals surface area contributed by atoms with Gasteiger partial charge in [0.15, 0.2) is 0 Å². The Balaban J connectivity index is 2.27. The normalized spacial score (nSPS) is 21.3. The Morgan fingerprint density at radius 2 is 2.06 bits per heavy atom. The fourth-order valence-corrected chi connectivity index (χ4v) is 4.17. The van der Waals surface area contributed by atoms with E-state index in [0.29, 0.717) is 18.0 Å². The summed E-state index contributed by atoms with van der Waals surface area (Å²) in [7, 11) is -1.79. The summed E-state index contributed by atoms with van der Waals surface area (Å²) in [6, 6.07) is 6.70. The zero-order valence-corrected chi connectivity index (χ0v) is 12.6. The molecule has 2 rings (SSSR count). The first-order chi connectivity index (χ1) is 8.55. The topological polar surface area (TPSA) is 46.6 Å². The van der Waals surface area contributed by atoms with Crippen LogP contribution in [0, 0.1) is 0 Å². The Labute approximate surface area is 116 Å². The van der Waals surface area contributed by atoms with E-state index in [0.717, 1.165) is 17.3 Å². The van der Waals surface area contributed by atoms with Crippen molar-refractivity contribution in [3.8, 4) is 0 Å². The molecule has 4 nitrogen and oxygen atoms in total. The molecule has 1 aromatic carbocycles. The second kappa shape index (κ2) is 5.69. The van der Waals surface area contributed by atoms with Crippen LogP contribution in [0.3, 0.4) is 0 Å². The number of hydrogen-bond donors (Lipinski definition) is 0. The highest BCUT2D eigenvalue weighted by atomic mass is 79.9. The van der Waals surface area contributed by atoms with Gasteiger partial charge in [0, 0.05) is 24.2 Å². The van der Waals surface area contributed by atoms with Gasteiger partial charge >= 0.3 is 0 Å². The summed E-state index contributed by atoms with van der Waals surface area (Å²) in [6.07, 6.45) is 1.76.